The number of nitrogens with two attached hydrogens (primary N) is 1. The molecule has 1 unspecified atom stereocenters. The van der Waals surface area contributed by atoms with Gasteiger partial charge in [0, 0.05) is 4.47 Å². The van der Waals surface area contributed by atoms with Crippen LogP contribution in [0.2, 0.25) is 0 Å². The molecule has 1 atom stereocenters. The Hall–Kier alpha value is -1.06. The summed E-state index contributed by atoms with van der Waals surface area (Å²) < 4.78 is 6.27. The molecule has 0 saturated heterocycles. The van der Waals surface area contributed by atoms with Crippen molar-refractivity contribution in [3.05, 3.63) is 58.5 Å². The van der Waals surface area contributed by atoms with E-state index in [1.165, 1.54) is 0 Å². The van der Waals surface area contributed by atoms with Gasteiger partial charge in [-0.3, -0.25) is 0 Å². The van der Waals surface area contributed by atoms with Gasteiger partial charge in [-0.15, -0.1) is 0 Å². The van der Waals surface area contributed by atoms with Crippen molar-refractivity contribution in [3.8, 4) is 0 Å². The van der Waals surface area contributed by atoms with Gasteiger partial charge in [-0.25, -0.2) is 0 Å². The highest BCUT2D eigenvalue weighted by molar-refractivity contribution is 9.10. The average molecular weight is 252 g/mol. The molecule has 0 amide bonds. The number of hydrogen-bond acceptors (Lipinski definition) is 2. The Morgan fingerprint density at radius 3 is 2.71 bits per heavy atom. The van der Waals surface area contributed by atoms with Crippen molar-refractivity contribution in [2.75, 3.05) is 0 Å². The van der Waals surface area contributed by atoms with Gasteiger partial charge in [0.15, 0.2) is 0 Å². The lowest BCUT2D eigenvalue weighted by molar-refractivity contribution is 0.490. The molecule has 0 aliphatic rings. The summed E-state index contributed by atoms with van der Waals surface area (Å²) in [5.41, 5.74) is 7.05. The summed E-state index contributed by atoms with van der Waals surface area (Å²) in [5, 5.41) is 0. The number of rotatable bonds is 2. The lowest BCUT2D eigenvalue weighted by Crippen LogP contribution is -2.10. The van der Waals surface area contributed by atoms with E-state index < -0.39 is 0 Å². The SMILES string of the molecule is NC(c1cccc(Br)c1)c1ccco1. The van der Waals surface area contributed by atoms with Crippen molar-refractivity contribution in [2.24, 2.45) is 5.73 Å². The van der Waals surface area contributed by atoms with Crippen molar-refractivity contribution in [1.29, 1.82) is 0 Å². The van der Waals surface area contributed by atoms with Gasteiger partial charge in [0.25, 0.3) is 0 Å². The standard InChI is InChI=1S/C11H10BrNO/c12-9-4-1-3-8(7-9)11(13)10-5-2-6-14-10/h1-7,11H,13H2. The molecule has 0 aliphatic carbocycles. The molecule has 1 aromatic carbocycles. The summed E-state index contributed by atoms with van der Waals surface area (Å²) in [4.78, 5) is 0. The minimum atomic E-state index is -0.192. The maximum Gasteiger partial charge on any atom is 0.124 e. The molecule has 72 valence electrons. The third-order valence-electron chi connectivity index (χ3n) is 2.06. The monoisotopic (exact) mass is 251 g/mol. The van der Waals surface area contributed by atoms with Gasteiger partial charge in [-0.05, 0) is 29.8 Å². The van der Waals surface area contributed by atoms with Crippen molar-refractivity contribution in [2.45, 2.75) is 6.04 Å². The first-order valence-electron chi connectivity index (χ1n) is 4.32. The van der Waals surface area contributed by atoms with Gasteiger partial charge in [0.1, 0.15) is 5.76 Å². The zero-order valence-corrected chi connectivity index (χ0v) is 9.07. The molecule has 2 nitrogen and oxygen atoms in total. The summed E-state index contributed by atoms with van der Waals surface area (Å²) in [6.45, 7) is 0. The van der Waals surface area contributed by atoms with E-state index >= 15 is 0 Å². The molecule has 2 aromatic rings. The molecular weight excluding hydrogens is 242 g/mol. The fraction of sp³-hybridized carbons (Fsp3) is 0.0909. The van der Waals surface area contributed by atoms with Gasteiger partial charge in [0.2, 0.25) is 0 Å². The van der Waals surface area contributed by atoms with Crippen LogP contribution in [0.5, 0.6) is 0 Å². The molecule has 2 rings (SSSR count). The second-order valence-electron chi connectivity index (χ2n) is 3.05. The number of benzene rings is 1. The second kappa shape index (κ2) is 3.98. The van der Waals surface area contributed by atoms with E-state index in [9.17, 15) is 0 Å². The first kappa shape index (κ1) is 9.49. The van der Waals surface area contributed by atoms with Crippen LogP contribution in [0.1, 0.15) is 17.4 Å². The first-order valence-corrected chi connectivity index (χ1v) is 5.11. The highest BCUT2D eigenvalue weighted by atomic mass is 79.9. The summed E-state index contributed by atoms with van der Waals surface area (Å²) in [7, 11) is 0. The maximum absolute atomic E-state index is 6.02. The van der Waals surface area contributed by atoms with E-state index in [1.54, 1.807) is 6.26 Å². The van der Waals surface area contributed by atoms with Crippen LogP contribution in [-0.4, -0.2) is 0 Å². The van der Waals surface area contributed by atoms with Crippen LogP contribution in [0.25, 0.3) is 0 Å². The Kier molecular flexibility index (Phi) is 2.70. The zero-order valence-electron chi connectivity index (χ0n) is 7.48. The van der Waals surface area contributed by atoms with Crippen LogP contribution in [0, 0.1) is 0 Å². The molecule has 1 aromatic heterocycles. The Balaban J connectivity index is 2.32. The van der Waals surface area contributed by atoms with Gasteiger partial charge in [-0.1, -0.05) is 28.1 Å². The van der Waals surface area contributed by atoms with Gasteiger partial charge in [0.05, 0.1) is 12.3 Å². The molecule has 0 radical (unpaired) electrons. The fourth-order valence-corrected chi connectivity index (χ4v) is 1.75. The normalized spacial score (nSPS) is 12.7. The number of halogens is 1. The van der Waals surface area contributed by atoms with Crippen LogP contribution < -0.4 is 5.73 Å². The predicted molar refractivity (Wildman–Crippen MR) is 58.9 cm³/mol. The molecule has 0 spiro atoms. The van der Waals surface area contributed by atoms with Crippen molar-refractivity contribution in [3.63, 3.8) is 0 Å². The minimum absolute atomic E-state index is 0.192. The van der Waals surface area contributed by atoms with E-state index in [1.807, 2.05) is 36.4 Å². The minimum Gasteiger partial charge on any atom is -0.467 e. The van der Waals surface area contributed by atoms with Crippen LogP contribution in [0.4, 0.5) is 0 Å². The molecular formula is C11H10BrNO. The summed E-state index contributed by atoms with van der Waals surface area (Å²) in [5.74, 6) is 0.781. The lowest BCUT2D eigenvalue weighted by Gasteiger charge is -2.08. The highest BCUT2D eigenvalue weighted by Gasteiger charge is 2.10. The number of hydrogen-bond donors (Lipinski definition) is 1. The maximum atomic E-state index is 6.02. The molecule has 2 N–H and O–H groups in total. The van der Waals surface area contributed by atoms with E-state index in [-0.39, 0.29) is 6.04 Å². The Morgan fingerprint density at radius 2 is 2.07 bits per heavy atom. The number of furan rings is 1. The summed E-state index contributed by atoms with van der Waals surface area (Å²) in [6, 6.07) is 11.4. The van der Waals surface area contributed by atoms with E-state index in [0.717, 1.165) is 15.8 Å². The first-order chi connectivity index (χ1) is 6.77. The molecule has 0 aliphatic heterocycles. The fourth-order valence-electron chi connectivity index (χ4n) is 1.33. The molecule has 0 fully saturated rings. The largest absolute Gasteiger partial charge is 0.467 e. The third-order valence-corrected chi connectivity index (χ3v) is 2.55. The van der Waals surface area contributed by atoms with Crippen LogP contribution in [0.3, 0.4) is 0 Å². The van der Waals surface area contributed by atoms with Gasteiger partial charge >= 0.3 is 0 Å². The van der Waals surface area contributed by atoms with Crippen molar-refractivity contribution in [1.82, 2.24) is 0 Å². The molecule has 0 bridgehead atoms. The van der Waals surface area contributed by atoms with Crippen molar-refractivity contribution >= 4 is 15.9 Å². The van der Waals surface area contributed by atoms with Crippen molar-refractivity contribution < 1.29 is 4.42 Å². The van der Waals surface area contributed by atoms with E-state index in [2.05, 4.69) is 15.9 Å². The summed E-state index contributed by atoms with van der Waals surface area (Å²) >= 11 is 3.41. The van der Waals surface area contributed by atoms with Gasteiger partial charge < -0.3 is 10.2 Å². The van der Waals surface area contributed by atoms with Gasteiger partial charge in [-0.2, -0.15) is 0 Å². The van der Waals surface area contributed by atoms with E-state index in [0.29, 0.717) is 0 Å². The second-order valence-corrected chi connectivity index (χ2v) is 3.96. The molecule has 3 heteroatoms. The van der Waals surface area contributed by atoms with Crippen LogP contribution in [-0.2, 0) is 0 Å². The van der Waals surface area contributed by atoms with Crippen LogP contribution >= 0.6 is 15.9 Å². The Morgan fingerprint density at radius 1 is 1.21 bits per heavy atom. The zero-order chi connectivity index (χ0) is 9.97. The topological polar surface area (TPSA) is 39.2 Å². The lowest BCUT2D eigenvalue weighted by atomic mass is 10.1. The molecule has 0 saturated carbocycles. The Labute approximate surface area is 90.9 Å². The molecule has 14 heavy (non-hydrogen) atoms. The smallest absolute Gasteiger partial charge is 0.124 e. The highest BCUT2D eigenvalue weighted by Crippen LogP contribution is 2.22. The predicted octanol–water partition coefficient (Wildman–Crippen LogP) is 3.09. The quantitative estimate of drug-likeness (QED) is 0.891. The van der Waals surface area contributed by atoms with E-state index in [4.69, 9.17) is 10.2 Å². The third kappa shape index (κ3) is 1.89. The Bertz CT molecular complexity index is 411. The summed E-state index contributed by atoms with van der Waals surface area (Å²) in [6.07, 6.45) is 1.63. The molecule has 1 heterocycles. The average Bonchev–Trinajstić information content (AvgIpc) is 2.69. The van der Waals surface area contributed by atoms with Crippen LogP contribution in [0.15, 0.2) is 51.6 Å².